The van der Waals surface area contributed by atoms with Crippen LogP contribution in [-0.4, -0.2) is 24.2 Å². The number of ether oxygens (including phenoxy) is 1. The molecule has 0 aliphatic carbocycles. The first-order valence-corrected chi connectivity index (χ1v) is 7.08. The molecule has 2 aromatic rings. The van der Waals surface area contributed by atoms with Gasteiger partial charge in [0.2, 0.25) is 0 Å². The molecule has 0 radical (unpaired) electrons. The van der Waals surface area contributed by atoms with Crippen molar-refractivity contribution >= 4 is 28.5 Å². The Morgan fingerprint density at radius 2 is 2.09 bits per heavy atom. The van der Waals surface area contributed by atoms with Crippen LogP contribution in [0.4, 0.5) is 5.00 Å². The number of hydrogen-bond donors (Lipinski definition) is 1. The van der Waals surface area contributed by atoms with E-state index in [4.69, 9.17) is 4.74 Å². The van der Waals surface area contributed by atoms with Crippen LogP contribution in [0.15, 0.2) is 47.6 Å². The van der Waals surface area contributed by atoms with Gasteiger partial charge in [0.15, 0.2) is 6.10 Å². The fourth-order valence-electron chi connectivity index (χ4n) is 1.75. The monoisotopic (exact) mass is 319 g/mol. The lowest BCUT2D eigenvalue weighted by Crippen LogP contribution is -2.26. The number of carbonyl (C=O) groups is 1. The maximum Gasteiger partial charge on any atom is 0.324 e. The van der Waals surface area contributed by atoms with Crippen LogP contribution >= 0.6 is 11.3 Å². The first kappa shape index (κ1) is 15.8. The van der Waals surface area contributed by atoms with Crippen molar-refractivity contribution in [2.45, 2.75) is 6.10 Å². The second-order valence-corrected chi connectivity index (χ2v) is 5.29. The predicted molar refractivity (Wildman–Crippen MR) is 82.9 cm³/mol. The van der Waals surface area contributed by atoms with Crippen molar-refractivity contribution in [3.8, 4) is 0 Å². The highest BCUT2D eigenvalue weighted by Gasteiger charge is 2.19. The summed E-state index contributed by atoms with van der Waals surface area (Å²) in [6, 6.07) is 12.0. The normalized spacial score (nSPS) is 12.2. The first-order valence-electron chi connectivity index (χ1n) is 6.26. The van der Waals surface area contributed by atoms with Crippen molar-refractivity contribution in [3.63, 3.8) is 0 Å². The Morgan fingerprint density at radius 3 is 2.68 bits per heavy atom. The molecule has 1 heterocycles. The number of carbonyl (C=O) groups excluding carboxylic acids is 1. The summed E-state index contributed by atoms with van der Waals surface area (Å²) in [5, 5.41) is 14.4. The van der Waals surface area contributed by atoms with Crippen LogP contribution in [0.25, 0.3) is 0 Å². The minimum atomic E-state index is -0.768. The lowest BCUT2D eigenvalue weighted by Gasteiger charge is -2.13. The van der Waals surface area contributed by atoms with E-state index in [1.165, 1.54) is 19.4 Å². The zero-order valence-electron chi connectivity index (χ0n) is 11.6. The molecule has 0 saturated heterocycles. The molecule has 1 N–H and O–H groups in total. The molecule has 2 rings (SSSR count). The second kappa shape index (κ2) is 7.43. The molecule has 1 aromatic heterocycles. The van der Waals surface area contributed by atoms with Gasteiger partial charge in [-0.05, 0) is 11.6 Å². The number of thiophene rings is 1. The van der Waals surface area contributed by atoms with Gasteiger partial charge in [0.05, 0.1) is 16.0 Å². The van der Waals surface area contributed by atoms with Gasteiger partial charge in [-0.3, -0.25) is 14.9 Å². The summed E-state index contributed by atoms with van der Waals surface area (Å²) in [4.78, 5) is 22.7. The number of nitrogens with one attached hydrogen (secondary N) is 1. The van der Waals surface area contributed by atoms with E-state index in [-0.39, 0.29) is 5.00 Å². The fourth-order valence-corrected chi connectivity index (χ4v) is 2.44. The SMILES string of the molecule is COC(C(=O)NN=Cc1ccc([N+](=O)[O-])s1)c1ccccc1. The van der Waals surface area contributed by atoms with Gasteiger partial charge in [-0.15, -0.1) is 0 Å². The number of methoxy groups -OCH3 is 1. The molecule has 7 nitrogen and oxygen atoms in total. The lowest BCUT2D eigenvalue weighted by molar-refractivity contribution is -0.380. The summed E-state index contributed by atoms with van der Waals surface area (Å²) in [5.41, 5.74) is 3.07. The standard InChI is InChI=1S/C14H13N3O4S/c1-21-13(10-5-3-2-4-6-10)14(18)16-15-9-11-7-8-12(22-11)17(19)20/h2-9,13H,1H3,(H,16,18). The molecule has 1 atom stereocenters. The largest absolute Gasteiger partial charge is 0.367 e. The number of hydrogen-bond acceptors (Lipinski definition) is 6. The number of benzene rings is 1. The summed E-state index contributed by atoms with van der Waals surface area (Å²) >= 11 is 0.972. The molecule has 0 aliphatic heterocycles. The third kappa shape index (κ3) is 3.96. The molecular weight excluding hydrogens is 306 g/mol. The summed E-state index contributed by atoms with van der Waals surface area (Å²) in [5.74, 6) is -0.420. The van der Waals surface area contributed by atoms with Crippen LogP contribution < -0.4 is 5.43 Å². The van der Waals surface area contributed by atoms with Gasteiger partial charge in [-0.2, -0.15) is 5.10 Å². The molecule has 1 amide bonds. The molecule has 1 aromatic carbocycles. The Balaban J connectivity index is 1.98. The smallest absolute Gasteiger partial charge is 0.324 e. The Hall–Kier alpha value is -2.58. The molecule has 0 bridgehead atoms. The van der Waals surface area contributed by atoms with E-state index < -0.39 is 16.9 Å². The van der Waals surface area contributed by atoms with E-state index in [2.05, 4.69) is 10.5 Å². The minimum Gasteiger partial charge on any atom is -0.367 e. The zero-order chi connectivity index (χ0) is 15.9. The van der Waals surface area contributed by atoms with Crippen molar-refractivity contribution in [2.75, 3.05) is 7.11 Å². The van der Waals surface area contributed by atoms with Gasteiger partial charge in [-0.1, -0.05) is 41.7 Å². The summed E-state index contributed by atoms with van der Waals surface area (Å²) < 4.78 is 5.16. The van der Waals surface area contributed by atoms with Crippen molar-refractivity contribution in [2.24, 2.45) is 5.10 Å². The van der Waals surface area contributed by atoms with E-state index in [0.29, 0.717) is 10.4 Å². The Labute approximate surface area is 130 Å². The van der Waals surface area contributed by atoms with E-state index in [0.717, 1.165) is 11.3 Å². The molecular formula is C14H13N3O4S. The van der Waals surface area contributed by atoms with Gasteiger partial charge >= 0.3 is 5.00 Å². The van der Waals surface area contributed by atoms with Gasteiger partial charge < -0.3 is 4.74 Å². The van der Waals surface area contributed by atoms with Crippen LogP contribution in [-0.2, 0) is 9.53 Å². The quantitative estimate of drug-likeness (QED) is 0.503. The zero-order valence-corrected chi connectivity index (χ0v) is 12.4. The summed E-state index contributed by atoms with van der Waals surface area (Å²) in [7, 11) is 1.43. The van der Waals surface area contributed by atoms with E-state index in [9.17, 15) is 14.9 Å². The molecule has 8 heteroatoms. The summed E-state index contributed by atoms with van der Waals surface area (Å²) in [6.45, 7) is 0. The van der Waals surface area contributed by atoms with Crippen molar-refractivity contribution in [3.05, 3.63) is 63.0 Å². The second-order valence-electron chi connectivity index (χ2n) is 4.19. The average Bonchev–Trinajstić information content (AvgIpc) is 2.98. The highest BCUT2D eigenvalue weighted by molar-refractivity contribution is 7.16. The highest BCUT2D eigenvalue weighted by Crippen LogP contribution is 2.22. The number of hydrazone groups is 1. The van der Waals surface area contributed by atoms with Gasteiger partial charge in [0, 0.05) is 13.2 Å². The van der Waals surface area contributed by atoms with E-state index in [1.54, 1.807) is 18.2 Å². The maximum atomic E-state index is 12.0. The lowest BCUT2D eigenvalue weighted by atomic mass is 10.1. The van der Waals surface area contributed by atoms with Crippen LogP contribution in [0.3, 0.4) is 0 Å². The molecule has 1 unspecified atom stereocenters. The first-order chi connectivity index (χ1) is 10.6. The fraction of sp³-hybridized carbons (Fsp3) is 0.143. The van der Waals surface area contributed by atoms with Gasteiger partial charge in [0.25, 0.3) is 5.91 Å². The maximum absolute atomic E-state index is 12.0. The van der Waals surface area contributed by atoms with E-state index in [1.807, 2.05) is 18.2 Å². The van der Waals surface area contributed by atoms with E-state index >= 15 is 0 Å². The Kier molecular flexibility index (Phi) is 5.34. The van der Waals surface area contributed by atoms with Crippen LogP contribution in [0.5, 0.6) is 0 Å². The minimum absolute atomic E-state index is 0.0202. The van der Waals surface area contributed by atoms with Crippen molar-refractivity contribution in [1.29, 1.82) is 0 Å². The number of nitrogens with zero attached hydrogens (tertiary/aromatic N) is 2. The third-order valence-corrected chi connectivity index (χ3v) is 3.71. The number of nitro groups is 1. The molecule has 0 spiro atoms. The molecule has 22 heavy (non-hydrogen) atoms. The molecule has 0 aliphatic rings. The molecule has 0 fully saturated rings. The van der Waals surface area contributed by atoms with Crippen LogP contribution in [0, 0.1) is 10.1 Å². The van der Waals surface area contributed by atoms with Crippen LogP contribution in [0.1, 0.15) is 16.5 Å². The van der Waals surface area contributed by atoms with Crippen molar-refractivity contribution in [1.82, 2.24) is 5.43 Å². The molecule has 114 valence electrons. The third-order valence-electron chi connectivity index (χ3n) is 2.74. The Bertz CT molecular complexity index is 684. The topological polar surface area (TPSA) is 93.8 Å². The molecule has 0 saturated carbocycles. The number of rotatable bonds is 6. The van der Waals surface area contributed by atoms with Crippen LogP contribution in [0.2, 0.25) is 0 Å². The Morgan fingerprint density at radius 1 is 1.36 bits per heavy atom. The average molecular weight is 319 g/mol. The van der Waals surface area contributed by atoms with Gasteiger partial charge in [0.1, 0.15) is 0 Å². The van der Waals surface area contributed by atoms with Gasteiger partial charge in [-0.25, -0.2) is 5.43 Å². The summed E-state index contributed by atoms with van der Waals surface area (Å²) in [6.07, 6.45) is 0.587. The predicted octanol–water partition coefficient (Wildman–Crippen LogP) is 2.49. The number of amides is 1. The highest BCUT2D eigenvalue weighted by atomic mass is 32.1. The van der Waals surface area contributed by atoms with Crippen molar-refractivity contribution < 1.29 is 14.5 Å².